The maximum Gasteiger partial charge on any atom is 0.505 e. The summed E-state index contributed by atoms with van der Waals surface area (Å²) in [4.78, 5) is 9.76. The lowest BCUT2D eigenvalue weighted by Gasteiger charge is -2.09. The SMILES string of the molecule is Cl.O=C(O)OCC(Br)(Br)Br. The van der Waals surface area contributed by atoms with E-state index in [-0.39, 0.29) is 19.0 Å². The molecule has 0 aliphatic heterocycles. The molecule has 0 saturated carbocycles. The molecule has 0 aliphatic rings. The van der Waals surface area contributed by atoms with Crippen LogP contribution in [-0.2, 0) is 4.74 Å². The molecule has 0 aliphatic carbocycles. The lowest BCUT2D eigenvalue weighted by molar-refractivity contribution is 0.0955. The van der Waals surface area contributed by atoms with E-state index in [0.717, 1.165) is 0 Å². The fourth-order valence-corrected chi connectivity index (χ4v) is 0.487. The summed E-state index contributed by atoms with van der Waals surface area (Å²) in [6, 6.07) is 0. The molecular weight excluding hydrogens is 359 g/mol. The van der Waals surface area contributed by atoms with E-state index >= 15 is 0 Å². The van der Waals surface area contributed by atoms with Crippen molar-refractivity contribution in [1.29, 1.82) is 0 Å². The van der Waals surface area contributed by atoms with Crippen molar-refractivity contribution in [3.8, 4) is 0 Å². The molecule has 0 saturated heterocycles. The third kappa shape index (κ3) is 11.8. The fourth-order valence-electron chi connectivity index (χ4n) is 0.144. The highest BCUT2D eigenvalue weighted by molar-refractivity contribution is 9.39. The Kier molecular flexibility index (Phi) is 7.64. The average Bonchev–Trinajstić information content (AvgIpc) is 1.59. The van der Waals surface area contributed by atoms with E-state index in [1.54, 1.807) is 0 Å². The summed E-state index contributed by atoms with van der Waals surface area (Å²) >= 11 is 9.16. The van der Waals surface area contributed by atoms with Crippen LogP contribution in [0.1, 0.15) is 0 Å². The van der Waals surface area contributed by atoms with Crippen LogP contribution >= 0.6 is 60.2 Å². The lowest BCUT2D eigenvalue weighted by Crippen LogP contribution is -2.13. The van der Waals surface area contributed by atoms with Crippen molar-refractivity contribution >= 4 is 66.4 Å². The number of alkyl halides is 3. The molecule has 0 aromatic heterocycles. The zero-order chi connectivity index (χ0) is 7.49. The summed E-state index contributed by atoms with van der Waals surface area (Å²) in [7, 11) is 0. The zero-order valence-electron chi connectivity index (χ0n) is 4.51. The molecular formula is C3H4Br3ClO3. The van der Waals surface area contributed by atoms with Gasteiger partial charge in [0.15, 0.2) is 2.14 Å². The van der Waals surface area contributed by atoms with Crippen molar-refractivity contribution in [2.24, 2.45) is 0 Å². The van der Waals surface area contributed by atoms with E-state index in [1.807, 2.05) is 0 Å². The maximum atomic E-state index is 9.76. The minimum Gasteiger partial charge on any atom is -0.450 e. The molecule has 0 unspecified atom stereocenters. The quantitative estimate of drug-likeness (QED) is 0.576. The van der Waals surface area contributed by atoms with E-state index in [1.165, 1.54) is 0 Å². The van der Waals surface area contributed by atoms with Crippen molar-refractivity contribution in [2.75, 3.05) is 6.61 Å². The maximum absolute atomic E-state index is 9.76. The average molecular weight is 363 g/mol. The first-order valence-electron chi connectivity index (χ1n) is 1.84. The molecule has 1 N–H and O–H groups in total. The van der Waals surface area contributed by atoms with Crippen LogP contribution in [0.4, 0.5) is 4.79 Å². The lowest BCUT2D eigenvalue weighted by atomic mass is 10.9. The van der Waals surface area contributed by atoms with Gasteiger partial charge in [0.1, 0.15) is 6.61 Å². The molecule has 0 heterocycles. The standard InChI is InChI=1S/C3H3Br3O3.ClH/c4-3(5,6)1-9-2(7)8;/h1H2,(H,7,8);1H. The van der Waals surface area contributed by atoms with Gasteiger partial charge in [-0.15, -0.1) is 12.4 Å². The molecule has 0 bridgehead atoms. The second kappa shape index (κ2) is 5.62. The van der Waals surface area contributed by atoms with Crippen LogP contribution in [0.25, 0.3) is 0 Å². The highest BCUT2D eigenvalue weighted by atomic mass is 80.0. The van der Waals surface area contributed by atoms with Crippen molar-refractivity contribution in [3.63, 3.8) is 0 Å². The molecule has 0 aromatic carbocycles. The number of carbonyl (C=O) groups is 1. The third-order valence-corrected chi connectivity index (χ3v) is 1.05. The van der Waals surface area contributed by atoms with Gasteiger partial charge in [-0.3, -0.25) is 0 Å². The van der Waals surface area contributed by atoms with Crippen LogP contribution in [0.15, 0.2) is 0 Å². The van der Waals surface area contributed by atoms with Gasteiger partial charge in [-0.1, -0.05) is 47.8 Å². The molecule has 0 fully saturated rings. The van der Waals surface area contributed by atoms with Gasteiger partial charge in [0.2, 0.25) is 0 Å². The summed E-state index contributed by atoms with van der Waals surface area (Å²) < 4.78 is 3.55. The smallest absolute Gasteiger partial charge is 0.450 e. The van der Waals surface area contributed by atoms with Crippen LogP contribution in [-0.4, -0.2) is 20.0 Å². The van der Waals surface area contributed by atoms with Crippen molar-refractivity contribution < 1.29 is 14.6 Å². The predicted octanol–water partition coefficient (Wildman–Crippen LogP) is 2.94. The Morgan fingerprint density at radius 2 is 1.90 bits per heavy atom. The van der Waals surface area contributed by atoms with E-state index in [4.69, 9.17) is 5.11 Å². The molecule has 7 heteroatoms. The number of halogens is 4. The van der Waals surface area contributed by atoms with E-state index in [2.05, 4.69) is 52.5 Å². The number of rotatable bonds is 1. The third-order valence-electron chi connectivity index (χ3n) is 0.359. The van der Waals surface area contributed by atoms with Crippen molar-refractivity contribution in [1.82, 2.24) is 0 Å². The van der Waals surface area contributed by atoms with Crippen LogP contribution in [0.2, 0.25) is 0 Å². The molecule has 3 nitrogen and oxygen atoms in total. The van der Waals surface area contributed by atoms with Crippen LogP contribution in [0, 0.1) is 0 Å². The number of hydrogen-bond donors (Lipinski definition) is 1. The highest BCUT2D eigenvalue weighted by Gasteiger charge is 2.19. The molecule has 0 spiro atoms. The topological polar surface area (TPSA) is 46.5 Å². The Balaban J connectivity index is 0. The molecule has 62 valence electrons. The van der Waals surface area contributed by atoms with Crippen molar-refractivity contribution in [3.05, 3.63) is 0 Å². The molecule has 0 rings (SSSR count). The monoisotopic (exact) mass is 360 g/mol. The van der Waals surface area contributed by atoms with Gasteiger partial charge >= 0.3 is 6.16 Å². The fraction of sp³-hybridized carbons (Fsp3) is 0.667. The van der Waals surface area contributed by atoms with Gasteiger partial charge in [-0.05, 0) is 0 Å². The van der Waals surface area contributed by atoms with Gasteiger partial charge in [-0.25, -0.2) is 4.79 Å². The molecule has 0 aromatic rings. The van der Waals surface area contributed by atoms with Gasteiger partial charge < -0.3 is 9.84 Å². The molecule has 0 amide bonds. The van der Waals surface area contributed by atoms with Gasteiger partial charge in [0.25, 0.3) is 0 Å². The molecule has 0 radical (unpaired) electrons. The van der Waals surface area contributed by atoms with E-state index < -0.39 is 8.30 Å². The predicted molar refractivity (Wildman–Crippen MR) is 50.7 cm³/mol. The minimum atomic E-state index is -1.29. The first-order chi connectivity index (χ1) is 3.92. The normalized spacial score (nSPS) is 9.90. The van der Waals surface area contributed by atoms with Gasteiger partial charge in [-0.2, -0.15) is 0 Å². The minimum absolute atomic E-state index is 0. The van der Waals surface area contributed by atoms with Crippen LogP contribution in [0.5, 0.6) is 0 Å². The largest absolute Gasteiger partial charge is 0.505 e. The van der Waals surface area contributed by atoms with Crippen LogP contribution < -0.4 is 0 Å². The summed E-state index contributed by atoms with van der Waals surface area (Å²) in [6.45, 7) is 0.00231. The second-order valence-corrected chi connectivity index (χ2v) is 8.42. The summed E-state index contributed by atoms with van der Waals surface area (Å²) in [5.74, 6) is 0. The summed E-state index contributed by atoms with van der Waals surface area (Å²) in [6.07, 6.45) is -1.29. The van der Waals surface area contributed by atoms with Crippen LogP contribution in [0.3, 0.4) is 0 Å². The zero-order valence-corrected chi connectivity index (χ0v) is 10.1. The second-order valence-electron chi connectivity index (χ2n) is 1.17. The highest BCUT2D eigenvalue weighted by Crippen LogP contribution is 2.33. The van der Waals surface area contributed by atoms with Crippen molar-refractivity contribution in [2.45, 2.75) is 2.14 Å². The summed E-state index contributed by atoms with van der Waals surface area (Å²) in [5, 5.41) is 7.99. The molecule has 10 heavy (non-hydrogen) atoms. The first-order valence-corrected chi connectivity index (χ1v) is 4.22. The molecule has 0 atom stereocenters. The number of hydrogen-bond acceptors (Lipinski definition) is 2. The van der Waals surface area contributed by atoms with E-state index in [9.17, 15) is 4.79 Å². The number of ether oxygens (including phenoxy) is 1. The van der Waals surface area contributed by atoms with Gasteiger partial charge in [0, 0.05) is 0 Å². The Labute approximate surface area is 89.3 Å². The Hall–Kier alpha value is 1.000. The first kappa shape index (κ1) is 13.6. The van der Waals surface area contributed by atoms with E-state index in [0.29, 0.717) is 0 Å². The summed E-state index contributed by atoms with van der Waals surface area (Å²) in [5.41, 5.74) is 0. The Bertz CT molecular complexity index is 112. The van der Waals surface area contributed by atoms with Gasteiger partial charge in [0.05, 0.1) is 0 Å². The Morgan fingerprint density at radius 1 is 1.50 bits per heavy atom. The number of carboxylic acid groups (broad SMARTS) is 1. The Morgan fingerprint density at radius 3 is 2.00 bits per heavy atom.